The van der Waals surface area contributed by atoms with Gasteiger partial charge in [0.25, 0.3) is 11.8 Å². The number of ether oxygens (including phenoxy) is 1. The van der Waals surface area contributed by atoms with E-state index in [1.54, 1.807) is 39.0 Å². The van der Waals surface area contributed by atoms with Crippen LogP contribution in [0.4, 0.5) is 0 Å². The first-order valence-electron chi connectivity index (χ1n) is 9.28. The highest BCUT2D eigenvalue weighted by atomic mass is 32.2. The molecular formula is C20H22N2O6S. The summed E-state index contributed by atoms with van der Waals surface area (Å²) in [5, 5.41) is 2.17. The van der Waals surface area contributed by atoms with Gasteiger partial charge >= 0.3 is 5.97 Å². The third-order valence-electron chi connectivity index (χ3n) is 4.41. The fraction of sp³-hybridized carbons (Fsp3) is 0.450. The lowest BCUT2D eigenvalue weighted by molar-refractivity contribution is -0.154. The van der Waals surface area contributed by atoms with Crippen molar-refractivity contribution in [1.29, 1.82) is 0 Å². The number of esters is 1. The molecule has 4 amide bonds. The van der Waals surface area contributed by atoms with Crippen molar-refractivity contribution < 1.29 is 28.7 Å². The lowest BCUT2D eigenvalue weighted by Gasteiger charge is -2.27. The molecule has 1 N–H and O–H groups in total. The molecule has 0 spiro atoms. The van der Waals surface area contributed by atoms with Crippen LogP contribution in [-0.2, 0) is 19.1 Å². The normalized spacial score (nSPS) is 19.3. The van der Waals surface area contributed by atoms with Crippen LogP contribution in [0.2, 0.25) is 0 Å². The summed E-state index contributed by atoms with van der Waals surface area (Å²) in [4.78, 5) is 62.7. The van der Waals surface area contributed by atoms with Crippen molar-refractivity contribution in [2.75, 3.05) is 5.75 Å². The molecule has 154 valence electrons. The fourth-order valence-electron chi connectivity index (χ4n) is 3.24. The van der Waals surface area contributed by atoms with Crippen molar-refractivity contribution in [1.82, 2.24) is 10.2 Å². The molecule has 0 aromatic heterocycles. The van der Waals surface area contributed by atoms with Crippen LogP contribution < -0.4 is 5.32 Å². The van der Waals surface area contributed by atoms with Crippen molar-refractivity contribution in [2.45, 2.75) is 56.6 Å². The predicted molar refractivity (Wildman–Crippen MR) is 104 cm³/mol. The third kappa shape index (κ3) is 4.50. The molecule has 2 aliphatic heterocycles. The number of thioether (sulfide) groups is 1. The molecule has 29 heavy (non-hydrogen) atoms. The average molecular weight is 418 g/mol. The van der Waals surface area contributed by atoms with E-state index in [9.17, 15) is 24.0 Å². The van der Waals surface area contributed by atoms with Crippen molar-refractivity contribution in [3.8, 4) is 0 Å². The Kier molecular flexibility index (Phi) is 5.79. The second kappa shape index (κ2) is 7.98. The second-order valence-electron chi connectivity index (χ2n) is 7.81. The molecule has 9 heteroatoms. The molecule has 1 saturated heterocycles. The molecule has 1 atom stereocenters. The van der Waals surface area contributed by atoms with Gasteiger partial charge in [-0.25, -0.2) is 0 Å². The van der Waals surface area contributed by atoms with Gasteiger partial charge < -0.3 is 4.74 Å². The molecule has 1 aromatic carbocycles. The first-order valence-corrected chi connectivity index (χ1v) is 10.3. The number of nitrogens with zero attached hydrogens (tertiary/aromatic N) is 1. The van der Waals surface area contributed by atoms with Gasteiger partial charge in [0.05, 0.1) is 17.5 Å². The van der Waals surface area contributed by atoms with E-state index in [-0.39, 0.29) is 36.4 Å². The van der Waals surface area contributed by atoms with Crippen molar-refractivity contribution in [3.63, 3.8) is 0 Å². The van der Waals surface area contributed by atoms with Gasteiger partial charge in [0.1, 0.15) is 11.6 Å². The summed E-state index contributed by atoms with van der Waals surface area (Å²) in [6, 6.07) is 3.91. The zero-order valence-corrected chi connectivity index (χ0v) is 17.3. The molecule has 1 aromatic rings. The van der Waals surface area contributed by atoms with Crippen LogP contribution in [0, 0.1) is 0 Å². The number of hydrogen-bond acceptors (Lipinski definition) is 7. The Morgan fingerprint density at radius 2 is 1.93 bits per heavy atom. The van der Waals surface area contributed by atoms with Crippen LogP contribution in [0.1, 0.15) is 60.7 Å². The van der Waals surface area contributed by atoms with Crippen LogP contribution in [0.5, 0.6) is 0 Å². The topological polar surface area (TPSA) is 110 Å². The highest BCUT2D eigenvalue weighted by molar-refractivity contribution is 7.99. The largest absolute Gasteiger partial charge is 0.460 e. The Bertz CT molecular complexity index is 905. The summed E-state index contributed by atoms with van der Waals surface area (Å²) < 4.78 is 5.27. The average Bonchev–Trinajstić information content (AvgIpc) is 2.86. The smallest absolute Gasteiger partial charge is 0.307 e. The first kappa shape index (κ1) is 21.0. The monoisotopic (exact) mass is 418 g/mol. The van der Waals surface area contributed by atoms with E-state index in [0.717, 1.165) is 4.90 Å². The maximum atomic E-state index is 13.0. The zero-order valence-electron chi connectivity index (χ0n) is 16.4. The number of carbonyl (C=O) groups is 5. The van der Waals surface area contributed by atoms with Crippen LogP contribution in [0.25, 0.3) is 0 Å². The summed E-state index contributed by atoms with van der Waals surface area (Å²) in [5.74, 6) is -2.12. The SMILES string of the molecule is CC(C)(C)OC(=O)CCSc1cccc2c1C(=O)N(C1CCC(=O)NC1=O)C2=O. The standard InChI is InChI=1S/C20H22N2O6S/c1-20(2,3)28-15(24)9-10-29-13-6-4-5-11-16(13)19(27)22(18(11)26)12-7-8-14(23)21-17(12)25/h4-6,12H,7-10H2,1-3H3,(H,21,23,25). The van der Waals surface area contributed by atoms with Crippen molar-refractivity contribution in [2.24, 2.45) is 0 Å². The Morgan fingerprint density at radius 3 is 2.59 bits per heavy atom. The Hall–Kier alpha value is -2.68. The lowest BCUT2D eigenvalue weighted by Crippen LogP contribution is -2.54. The van der Waals surface area contributed by atoms with Crippen LogP contribution in [0.15, 0.2) is 23.1 Å². The minimum absolute atomic E-state index is 0.0707. The zero-order chi connectivity index (χ0) is 21.3. The number of rotatable bonds is 5. The molecule has 0 saturated carbocycles. The molecule has 0 radical (unpaired) electrons. The van der Waals surface area contributed by atoms with Gasteiger partial charge in [-0.1, -0.05) is 6.07 Å². The molecule has 1 fully saturated rings. The minimum Gasteiger partial charge on any atom is -0.460 e. The summed E-state index contributed by atoms with van der Waals surface area (Å²) >= 11 is 1.28. The predicted octanol–water partition coefficient (Wildman–Crippen LogP) is 1.91. The summed E-state index contributed by atoms with van der Waals surface area (Å²) in [6.07, 6.45) is 0.336. The molecule has 0 bridgehead atoms. The van der Waals surface area contributed by atoms with E-state index in [1.165, 1.54) is 11.8 Å². The molecule has 0 aliphatic carbocycles. The van der Waals surface area contributed by atoms with Crippen LogP contribution in [0.3, 0.4) is 0 Å². The third-order valence-corrected chi connectivity index (χ3v) is 5.47. The molecular weight excluding hydrogens is 396 g/mol. The maximum Gasteiger partial charge on any atom is 0.307 e. The first-order chi connectivity index (χ1) is 13.6. The number of fused-ring (bicyclic) bond motifs is 1. The maximum absolute atomic E-state index is 13.0. The van der Waals surface area contributed by atoms with Gasteiger partial charge in [0.2, 0.25) is 11.8 Å². The molecule has 8 nitrogen and oxygen atoms in total. The van der Waals surface area contributed by atoms with Gasteiger partial charge in [0, 0.05) is 17.1 Å². The Balaban J connectivity index is 1.74. The number of nitrogens with one attached hydrogen (secondary N) is 1. The second-order valence-corrected chi connectivity index (χ2v) is 8.95. The molecule has 3 rings (SSSR count). The molecule has 2 heterocycles. The summed E-state index contributed by atoms with van der Waals surface area (Å²) in [5.41, 5.74) is -0.112. The number of benzene rings is 1. The van der Waals surface area contributed by atoms with Gasteiger partial charge in [0.15, 0.2) is 0 Å². The number of piperidine rings is 1. The fourth-order valence-corrected chi connectivity index (χ4v) is 4.25. The van der Waals surface area contributed by atoms with Gasteiger partial charge in [-0.2, -0.15) is 0 Å². The van der Waals surface area contributed by atoms with Crippen LogP contribution in [-0.4, -0.2) is 51.9 Å². The molecule has 2 aliphatic rings. The van der Waals surface area contributed by atoms with Crippen LogP contribution >= 0.6 is 11.8 Å². The van der Waals surface area contributed by atoms with E-state index >= 15 is 0 Å². The summed E-state index contributed by atoms with van der Waals surface area (Å²) in [7, 11) is 0. The van der Waals surface area contributed by atoms with E-state index in [1.807, 2.05) is 0 Å². The number of imide groups is 2. The Labute approximate surface area is 172 Å². The van der Waals surface area contributed by atoms with Crippen molar-refractivity contribution in [3.05, 3.63) is 29.3 Å². The Morgan fingerprint density at radius 1 is 1.21 bits per heavy atom. The van der Waals surface area contributed by atoms with E-state index in [0.29, 0.717) is 10.6 Å². The molecule has 1 unspecified atom stereocenters. The van der Waals surface area contributed by atoms with E-state index < -0.39 is 35.3 Å². The highest BCUT2D eigenvalue weighted by Gasteiger charge is 2.45. The van der Waals surface area contributed by atoms with E-state index in [4.69, 9.17) is 4.74 Å². The van der Waals surface area contributed by atoms with Gasteiger partial charge in [-0.15, -0.1) is 11.8 Å². The highest BCUT2D eigenvalue weighted by Crippen LogP contribution is 2.34. The van der Waals surface area contributed by atoms with Gasteiger partial charge in [-0.05, 0) is 39.3 Å². The van der Waals surface area contributed by atoms with Gasteiger partial charge in [-0.3, -0.25) is 34.2 Å². The van der Waals surface area contributed by atoms with E-state index in [2.05, 4.69) is 5.32 Å². The number of hydrogen-bond donors (Lipinski definition) is 1. The quantitative estimate of drug-likeness (QED) is 0.442. The number of amides is 4. The number of carbonyl (C=O) groups excluding carboxylic acids is 5. The minimum atomic E-state index is -1.00. The summed E-state index contributed by atoms with van der Waals surface area (Å²) in [6.45, 7) is 5.36. The van der Waals surface area contributed by atoms with Crippen molar-refractivity contribution >= 4 is 41.4 Å². The lowest BCUT2D eigenvalue weighted by atomic mass is 10.0.